The van der Waals surface area contributed by atoms with Gasteiger partial charge in [0, 0.05) is 6.20 Å². The molecular weight excluding hydrogens is 102 g/mol. The second-order valence-electron chi connectivity index (χ2n) is 1.72. The Balaban J connectivity index is 2.67. The summed E-state index contributed by atoms with van der Waals surface area (Å²) in [7, 11) is 0. The molecule has 1 aliphatic rings. The lowest BCUT2D eigenvalue weighted by Gasteiger charge is -1.83. The Labute approximate surface area is 46.7 Å². The van der Waals surface area contributed by atoms with E-state index in [0.29, 0.717) is 0 Å². The van der Waals surface area contributed by atoms with Crippen LogP contribution in [0.1, 0.15) is 5.69 Å². The van der Waals surface area contributed by atoms with E-state index in [1.807, 2.05) is 6.07 Å². The van der Waals surface area contributed by atoms with Crippen LogP contribution in [0, 0.1) is 0 Å². The molecule has 0 unspecified atom stereocenters. The average Bonchev–Trinajstić information content (AvgIpc) is 2.15. The van der Waals surface area contributed by atoms with E-state index in [4.69, 9.17) is 0 Å². The van der Waals surface area contributed by atoms with Crippen molar-refractivity contribution in [1.29, 1.82) is 0 Å². The van der Waals surface area contributed by atoms with Gasteiger partial charge in [0.1, 0.15) is 6.34 Å². The first-order valence-corrected chi connectivity index (χ1v) is 2.49. The van der Waals surface area contributed by atoms with Gasteiger partial charge in [0.05, 0.1) is 12.2 Å². The van der Waals surface area contributed by atoms with Crippen LogP contribution in [0.4, 0.5) is 0 Å². The summed E-state index contributed by atoms with van der Waals surface area (Å²) in [6, 6.07) is 1.97. The zero-order chi connectivity index (χ0) is 5.40. The Bertz CT molecular complexity index is 223. The number of hydrogen-bond donors (Lipinski definition) is 0. The van der Waals surface area contributed by atoms with E-state index < -0.39 is 0 Å². The molecule has 1 aliphatic heterocycles. The Hall–Kier alpha value is -1.12. The molecule has 0 bridgehead atoms. The molecule has 0 saturated carbocycles. The second-order valence-corrected chi connectivity index (χ2v) is 1.72. The molecule has 40 valence electrons. The van der Waals surface area contributed by atoms with E-state index in [1.165, 1.54) is 5.69 Å². The van der Waals surface area contributed by atoms with Crippen molar-refractivity contribution in [2.24, 2.45) is 4.99 Å². The predicted molar refractivity (Wildman–Crippen MR) is 29.8 cm³/mol. The zero-order valence-electron chi connectivity index (χ0n) is 4.28. The molecule has 2 rings (SSSR count). The minimum Gasteiger partial charge on any atom is -0.267 e. The molecule has 0 N–H and O–H groups in total. The molecule has 0 atom stereocenters. The molecule has 0 saturated heterocycles. The first-order valence-electron chi connectivity index (χ1n) is 2.49. The van der Waals surface area contributed by atoms with Crippen molar-refractivity contribution in [3.63, 3.8) is 0 Å². The first kappa shape index (κ1) is 3.83. The van der Waals surface area contributed by atoms with Crippen molar-refractivity contribution in [2.45, 2.75) is 6.54 Å². The third-order valence-electron chi connectivity index (χ3n) is 1.20. The summed E-state index contributed by atoms with van der Waals surface area (Å²) in [5.74, 6) is 0. The number of hydrogen-bond acceptors (Lipinski definition) is 2. The molecule has 1 aromatic heterocycles. The quantitative estimate of drug-likeness (QED) is 0.468. The maximum Gasteiger partial charge on any atom is 0.112 e. The molecule has 0 aliphatic carbocycles. The van der Waals surface area contributed by atoms with Crippen molar-refractivity contribution in [1.82, 2.24) is 9.78 Å². The molecule has 0 radical (unpaired) electrons. The summed E-state index contributed by atoms with van der Waals surface area (Å²) in [4.78, 5) is 3.99. The highest BCUT2D eigenvalue weighted by Crippen LogP contribution is 2.02. The van der Waals surface area contributed by atoms with Gasteiger partial charge in [-0.1, -0.05) is 0 Å². The number of aromatic nitrogens is 2. The summed E-state index contributed by atoms with van der Waals surface area (Å²) in [5, 5.41) is 3.96. The Morgan fingerprint density at radius 2 is 2.62 bits per heavy atom. The molecule has 0 amide bonds. The molecule has 0 spiro atoms. The molecule has 3 heteroatoms. The molecule has 0 aromatic carbocycles. The standard InChI is InChI=1S/C5H5N3/c1-2-7-8-4-6-3-5(1)8/h1-2,4H,3H2. The summed E-state index contributed by atoms with van der Waals surface area (Å²) in [6.07, 6.45) is 3.51. The van der Waals surface area contributed by atoms with Gasteiger partial charge in [0.15, 0.2) is 0 Å². The lowest BCUT2D eigenvalue weighted by molar-refractivity contribution is 0.921. The van der Waals surface area contributed by atoms with Crippen LogP contribution in [-0.2, 0) is 6.54 Å². The second kappa shape index (κ2) is 1.18. The van der Waals surface area contributed by atoms with Crippen LogP contribution in [0.25, 0.3) is 0 Å². The van der Waals surface area contributed by atoms with Gasteiger partial charge in [-0.15, -0.1) is 0 Å². The Kier molecular flexibility index (Phi) is 0.566. The van der Waals surface area contributed by atoms with Gasteiger partial charge in [-0.2, -0.15) is 5.10 Å². The van der Waals surface area contributed by atoms with E-state index in [9.17, 15) is 0 Å². The number of fused-ring (bicyclic) bond motifs is 1. The van der Waals surface area contributed by atoms with Crippen molar-refractivity contribution < 1.29 is 0 Å². The highest BCUT2D eigenvalue weighted by molar-refractivity contribution is 5.60. The van der Waals surface area contributed by atoms with Gasteiger partial charge in [-0.25, -0.2) is 4.68 Å². The van der Waals surface area contributed by atoms with Crippen molar-refractivity contribution in [2.75, 3.05) is 0 Å². The van der Waals surface area contributed by atoms with E-state index in [-0.39, 0.29) is 0 Å². The van der Waals surface area contributed by atoms with E-state index >= 15 is 0 Å². The van der Waals surface area contributed by atoms with E-state index in [1.54, 1.807) is 17.2 Å². The maximum absolute atomic E-state index is 3.99. The number of rotatable bonds is 0. The maximum atomic E-state index is 3.99. The fourth-order valence-electron chi connectivity index (χ4n) is 0.783. The minimum atomic E-state index is 0.792. The summed E-state index contributed by atoms with van der Waals surface area (Å²) in [6.45, 7) is 0.792. The third-order valence-corrected chi connectivity index (χ3v) is 1.20. The van der Waals surface area contributed by atoms with Gasteiger partial charge in [0.2, 0.25) is 0 Å². The zero-order valence-corrected chi connectivity index (χ0v) is 4.28. The van der Waals surface area contributed by atoms with Crippen LogP contribution in [0.2, 0.25) is 0 Å². The van der Waals surface area contributed by atoms with Gasteiger partial charge in [-0.05, 0) is 6.07 Å². The van der Waals surface area contributed by atoms with Gasteiger partial charge in [0.25, 0.3) is 0 Å². The van der Waals surface area contributed by atoms with Crippen LogP contribution in [-0.4, -0.2) is 16.1 Å². The van der Waals surface area contributed by atoms with Gasteiger partial charge < -0.3 is 0 Å². The largest absolute Gasteiger partial charge is 0.267 e. The lowest BCUT2D eigenvalue weighted by atomic mass is 10.4. The molecule has 1 aromatic rings. The lowest BCUT2D eigenvalue weighted by Crippen LogP contribution is -1.93. The number of nitrogens with zero attached hydrogens (tertiary/aromatic N) is 3. The molecule has 0 fully saturated rings. The van der Waals surface area contributed by atoms with Crippen molar-refractivity contribution in [3.8, 4) is 0 Å². The fraction of sp³-hybridized carbons (Fsp3) is 0.200. The predicted octanol–water partition coefficient (Wildman–Crippen LogP) is 0.273. The average molecular weight is 107 g/mol. The third kappa shape index (κ3) is 0.332. The van der Waals surface area contributed by atoms with Crippen LogP contribution >= 0.6 is 0 Å². The molecule has 3 nitrogen and oxygen atoms in total. The fourth-order valence-corrected chi connectivity index (χ4v) is 0.783. The first-order chi connectivity index (χ1) is 3.97. The van der Waals surface area contributed by atoms with Gasteiger partial charge >= 0.3 is 0 Å². The smallest absolute Gasteiger partial charge is 0.112 e. The van der Waals surface area contributed by atoms with Crippen LogP contribution in [0.3, 0.4) is 0 Å². The monoisotopic (exact) mass is 107 g/mol. The topological polar surface area (TPSA) is 30.2 Å². The minimum absolute atomic E-state index is 0.792. The number of aliphatic imine (C=N–C) groups is 1. The van der Waals surface area contributed by atoms with Crippen LogP contribution < -0.4 is 0 Å². The highest BCUT2D eigenvalue weighted by Gasteiger charge is 2.02. The van der Waals surface area contributed by atoms with Crippen LogP contribution in [0.5, 0.6) is 0 Å². The molecular formula is C5H5N3. The Morgan fingerprint density at radius 1 is 1.62 bits per heavy atom. The van der Waals surface area contributed by atoms with Gasteiger partial charge in [-0.3, -0.25) is 4.99 Å². The summed E-state index contributed by atoms with van der Waals surface area (Å²) < 4.78 is 1.78. The Morgan fingerprint density at radius 3 is 3.50 bits per heavy atom. The van der Waals surface area contributed by atoms with Crippen molar-refractivity contribution >= 4 is 6.34 Å². The SMILES string of the molecule is C1=NCc2ccnn21. The summed E-state index contributed by atoms with van der Waals surface area (Å²) >= 11 is 0. The highest BCUT2D eigenvalue weighted by atomic mass is 15.3. The summed E-state index contributed by atoms with van der Waals surface area (Å²) in [5.41, 5.74) is 1.17. The van der Waals surface area contributed by atoms with E-state index in [2.05, 4.69) is 10.1 Å². The molecule has 8 heavy (non-hydrogen) atoms. The normalized spacial score (nSPS) is 14.5. The van der Waals surface area contributed by atoms with Crippen LogP contribution in [0.15, 0.2) is 17.3 Å². The molecule has 2 heterocycles. The van der Waals surface area contributed by atoms with Crippen molar-refractivity contribution in [3.05, 3.63) is 18.0 Å². The van der Waals surface area contributed by atoms with E-state index in [0.717, 1.165) is 6.54 Å².